The van der Waals surface area contributed by atoms with Crippen LogP contribution in [-0.2, 0) is 60.2 Å². The van der Waals surface area contributed by atoms with E-state index in [0.29, 0.717) is 68.3 Å². The lowest BCUT2D eigenvalue weighted by Gasteiger charge is -2.36. The summed E-state index contributed by atoms with van der Waals surface area (Å²) in [5.41, 5.74) is 10.1. The molecule has 3 amide bonds. The Hall–Kier alpha value is -6.54. The number of fused-ring (bicyclic) bond motifs is 2. The summed E-state index contributed by atoms with van der Waals surface area (Å²) in [4.78, 5) is 51.9. The quantitative estimate of drug-likeness (QED) is 0.113. The Morgan fingerprint density at radius 2 is 1.56 bits per heavy atom. The molecule has 0 saturated carbocycles. The molecule has 13 heteroatoms. The van der Waals surface area contributed by atoms with E-state index in [1.807, 2.05) is 107 Å². The average Bonchev–Trinajstić information content (AvgIpc) is 3.93. The molecular formula is C53H59N7O6. The third-order valence-electron chi connectivity index (χ3n) is 13.4. The van der Waals surface area contributed by atoms with E-state index in [-0.39, 0.29) is 30.2 Å². The average molecular weight is 890 g/mol. The van der Waals surface area contributed by atoms with Gasteiger partial charge in [-0.15, -0.1) is 0 Å². The van der Waals surface area contributed by atoms with E-state index in [0.717, 1.165) is 84.2 Å². The second-order valence-electron chi connectivity index (χ2n) is 17.6. The molecule has 0 radical (unpaired) electrons. The maximum Gasteiger partial charge on any atom is 0.264 e. The first-order chi connectivity index (χ1) is 32.1. The maximum atomic E-state index is 15.1. The number of para-hydroxylation sites is 1. The summed E-state index contributed by atoms with van der Waals surface area (Å²) in [5.74, 6) is 0.536. The van der Waals surface area contributed by atoms with Crippen molar-refractivity contribution >= 4 is 29.1 Å². The van der Waals surface area contributed by atoms with Gasteiger partial charge in [-0.3, -0.25) is 28.9 Å². The molecule has 342 valence electrons. The first kappa shape index (κ1) is 44.7. The second-order valence-corrected chi connectivity index (χ2v) is 17.6. The van der Waals surface area contributed by atoms with Crippen LogP contribution in [-0.4, -0.2) is 113 Å². The molecule has 0 aliphatic carbocycles. The number of rotatable bonds is 14. The van der Waals surface area contributed by atoms with Gasteiger partial charge in [0.2, 0.25) is 5.91 Å². The molecule has 1 fully saturated rings. The van der Waals surface area contributed by atoms with Crippen LogP contribution in [0.1, 0.15) is 61.2 Å². The molecule has 6 aromatic rings. The Bertz CT molecular complexity index is 2690. The van der Waals surface area contributed by atoms with Crippen molar-refractivity contribution in [3.05, 3.63) is 154 Å². The third-order valence-corrected chi connectivity index (χ3v) is 13.4. The molecule has 4 aromatic carbocycles. The van der Waals surface area contributed by atoms with E-state index in [1.54, 1.807) is 22.9 Å². The number of anilines is 2. The zero-order valence-corrected chi connectivity index (χ0v) is 38.4. The van der Waals surface area contributed by atoms with Crippen LogP contribution in [0.25, 0.3) is 11.3 Å². The van der Waals surface area contributed by atoms with Gasteiger partial charge in [-0.05, 0) is 97.0 Å². The molecule has 0 N–H and O–H groups in total. The summed E-state index contributed by atoms with van der Waals surface area (Å²) in [6.07, 6.45) is 5.22. The van der Waals surface area contributed by atoms with Crippen molar-refractivity contribution in [3.8, 4) is 17.0 Å². The highest BCUT2D eigenvalue weighted by atomic mass is 16.5. The van der Waals surface area contributed by atoms with Gasteiger partial charge in [0.05, 0.1) is 50.2 Å². The van der Waals surface area contributed by atoms with Gasteiger partial charge < -0.3 is 28.6 Å². The van der Waals surface area contributed by atoms with Crippen LogP contribution >= 0.6 is 0 Å². The van der Waals surface area contributed by atoms with E-state index in [9.17, 15) is 9.59 Å². The third kappa shape index (κ3) is 9.55. The number of hydrogen-bond donors (Lipinski definition) is 0. The van der Waals surface area contributed by atoms with Crippen molar-refractivity contribution in [1.29, 1.82) is 0 Å². The number of methoxy groups -OCH3 is 1. The lowest BCUT2D eigenvalue weighted by Crippen LogP contribution is -2.43. The minimum absolute atomic E-state index is 0.0348. The smallest absolute Gasteiger partial charge is 0.264 e. The first-order valence-electron chi connectivity index (χ1n) is 23.1. The summed E-state index contributed by atoms with van der Waals surface area (Å²) in [7, 11) is 3.60. The van der Waals surface area contributed by atoms with Gasteiger partial charge in [-0.2, -0.15) is 5.10 Å². The Labute approximate surface area is 387 Å². The molecule has 1 atom stereocenters. The van der Waals surface area contributed by atoms with Gasteiger partial charge in [-0.1, -0.05) is 54.6 Å². The number of benzene rings is 4. The zero-order valence-electron chi connectivity index (χ0n) is 38.4. The molecule has 1 saturated heterocycles. The molecule has 3 aliphatic rings. The molecule has 0 unspecified atom stereocenters. The number of hydrogen-bond acceptors (Lipinski definition) is 8. The number of ether oxygens (including phenoxy) is 3. The fourth-order valence-electron chi connectivity index (χ4n) is 9.45. The molecule has 13 nitrogen and oxygen atoms in total. The van der Waals surface area contributed by atoms with Crippen molar-refractivity contribution in [2.24, 2.45) is 7.05 Å². The van der Waals surface area contributed by atoms with Crippen LogP contribution in [0.5, 0.6) is 5.75 Å². The Morgan fingerprint density at radius 1 is 0.803 bits per heavy atom. The molecule has 0 spiro atoms. The first-order valence-corrected chi connectivity index (χ1v) is 23.1. The van der Waals surface area contributed by atoms with Crippen LogP contribution in [0.3, 0.4) is 0 Å². The molecule has 5 heterocycles. The fourth-order valence-corrected chi connectivity index (χ4v) is 9.45. The van der Waals surface area contributed by atoms with E-state index < -0.39 is 0 Å². The Kier molecular flexibility index (Phi) is 13.5. The summed E-state index contributed by atoms with van der Waals surface area (Å²) >= 11 is 0. The van der Waals surface area contributed by atoms with Crippen LogP contribution in [0.15, 0.2) is 109 Å². The second kappa shape index (κ2) is 19.9. The number of morpholine rings is 1. The highest BCUT2D eigenvalue weighted by Crippen LogP contribution is 2.37. The highest BCUT2D eigenvalue weighted by Gasteiger charge is 2.33. The standard InChI is InChI=1S/C53H59N7O6/c1-37-28-40-10-8-9-11-42(40)35-59(37)52(62)49-31-43-34-57(51(61)29-39-14-16-46(17-15-39)66-27-22-56-20-25-65-26-21-56)19-18-41(43)30-48(49)50-32-47(38(2)55(50)3)53(63)60(44-12-6-5-7-13-44)45-33-54-58(36-45)23-24-64-4/h5-17,30-33,36-37H,18-29,34-35H2,1-4H3/t37-/m1/s1. The van der Waals surface area contributed by atoms with E-state index >= 15 is 4.79 Å². The van der Waals surface area contributed by atoms with Crippen LogP contribution in [0.2, 0.25) is 0 Å². The van der Waals surface area contributed by atoms with E-state index in [1.165, 1.54) is 5.56 Å². The SMILES string of the molecule is COCCn1cc(N(C(=O)c2cc(-c3cc4c(cc3C(=O)N3Cc5ccccc5C[C@H]3C)CN(C(=O)Cc3ccc(OCCN5CCOCC5)cc3)CC4)n(C)c2C)c2ccccc2)cn1. The predicted octanol–water partition coefficient (Wildman–Crippen LogP) is 7.25. The van der Waals surface area contributed by atoms with Crippen molar-refractivity contribution in [3.63, 3.8) is 0 Å². The zero-order chi connectivity index (χ0) is 45.7. The lowest BCUT2D eigenvalue weighted by molar-refractivity contribution is -0.131. The molecule has 3 aliphatic heterocycles. The highest BCUT2D eigenvalue weighted by molar-refractivity contribution is 6.12. The number of nitrogens with zero attached hydrogens (tertiary/aromatic N) is 7. The van der Waals surface area contributed by atoms with Crippen LogP contribution < -0.4 is 9.64 Å². The van der Waals surface area contributed by atoms with Gasteiger partial charge in [-0.25, -0.2) is 0 Å². The van der Waals surface area contributed by atoms with E-state index in [4.69, 9.17) is 14.2 Å². The normalized spacial score (nSPS) is 16.2. The Morgan fingerprint density at radius 3 is 2.33 bits per heavy atom. The molecule has 66 heavy (non-hydrogen) atoms. The van der Waals surface area contributed by atoms with Crippen LogP contribution in [0.4, 0.5) is 11.4 Å². The summed E-state index contributed by atoms with van der Waals surface area (Å²) < 4.78 is 20.5. The summed E-state index contributed by atoms with van der Waals surface area (Å²) in [5, 5.41) is 4.53. The number of aromatic nitrogens is 3. The number of carbonyl (C=O) groups is 3. The van der Waals surface area contributed by atoms with E-state index in [2.05, 4.69) is 41.2 Å². The van der Waals surface area contributed by atoms with Gasteiger partial charge in [0.15, 0.2) is 0 Å². The van der Waals surface area contributed by atoms with Gasteiger partial charge in [0.1, 0.15) is 12.4 Å². The minimum Gasteiger partial charge on any atom is -0.492 e. The molecule has 2 aromatic heterocycles. The lowest BCUT2D eigenvalue weighted by atomic mass is 9.89. The van der Waals surface area contributed by atoms with Crippen molar-refractivity contribution in [1.82, 2.24) is 29.0 Å². The van der Waals surface area contributed by atoms with Crippen molar-refractivity contribution in [2.75, 3.05) is 64.6 Å². The molecule has 9 rings (SSSR count). The monoisotopic (exact) mass is 889 g/mol. The predicted molar refractivity (Wildman–Crippen MR) is 254 cm³/mol. The Balaban J connectivity index is 1.00. The number of carbonyl (C=O) groups excluding carboxylic acids is 3. The van der Waals surface area contributed by atoms with Crippen molar-refractivity contribution in [2.45, 2.75) is 58.8 Å². The number of amides is 3. The molecule has 0 bridgehead atoms. The topological polar surface area (TPSA) is 115 Å². The molecular weight excluding hydrogens is 831 g/mol. The van der Waals surface area contributed by atoms with Gasteiger partial charge in [0.25, 0.3) is 11.8 Å². The fraction of sp³-hybridized carbons (Fsp3) is 0.358. The van der Waals surface area contributed by atoms with Gasteiger partial charge >= 0.3 is 0 Å². The van der Waals surface area contributed by atoms with Gasteiger partial charge in [0, 0.05) is 93.9 Å². The largest absolute Gasteiger partial charge is 0.492 e. The maximum absolute atomic E-state index is 15.1. The summed E-state index contributed by atoms with van der Waals surface area (Å²) in [6, 6.07) is 31.8. The minimum atomic E-state index is -0.209. The summed E-state index contributed by atoms with van der Waals surface area (Å²) in [6.45, 7) is 11.4. The van der Waals surface area contributed by atoms with Crippen LogP contribution in [0, 0.1) is 6.92 Å². The van der Waals surface area contributed by atoms with Crippen molar-refractivity contribution < 1.29 is 28.6 Å².